The zero-order valence-electron chi connectivity index (χ0n) is 11.6. The lowest BCUT2D eigenvalue weighted by molar-refractivity contribution is -0.402. The first-order valence-corrected chi connectivity index (χ1v) is 6.97. The Hall–Kier alpha value is -2.03. The second-order valence-corrected chi connectivity index (χ2v) is 6.91. The quantitative estimate of drug-likeness (QED) is 0.670. The summed E-state index contributed by atoms with van der Waals surface area (Å²) >= 11 is 1.23. The molecule has 1 aliphatic rings. The molecule has 2 heterocycles. The van der Waals surface area contributed by atoms with E-state index >= 15 is 0 Å². The molecule has 21 heavy (non-hydrogen) atoms. The second kappa shape index (κ2) is 5.06. The Labute approximate surface area is 124 Å². The third-order valence-corrected chi connectivity index (χ3v) is 4.75. The molecule has 0 spiro atoms. The summed E-state index contributed by atoms with van der Waals surface area (Å²) in [5.41, 5.74) is 0. The minimum absolute atomic E-state index is 0.193. The minimum Gasteiger partial charge on any atom is -0.480 e. The van der Waals surface area contributed by atoms with Crippen LogP contribution in [0, 0.1) is 10.1 Å². The third kappa shape index (κ3) is 2.60. The molecular weight excluding hydrogens is 300 g/mol. The summed E-state index contributed by atoms with van der Waals surface area (Å²) < 4.78 is 4.38. The Balaban J connectivity index is 2.44. The first-order chi connectivity index (χ1) is 9.65. The third-order valence-electron chi connectivity index (χ3n) is 3.24. The molecular formula is C12H14N2O6S. The number of carbonyl (C=O) groups excluding carboxylic acids is 1. The molecule has 1 fully saturated rings. The lowest BCUT2D eigenvalue weighted by atomic mass is 10.0. The van der Waals surface area contributed by atoms with Crippen LogP contribution in [0.25, 0.3) is 0 Å². The van der Waals surface area contributed by atoms with Crippen molar-refractivity contribution >= 4 is 29.5 Å². The Kier molecular flexibility index (Phi) is 3.70. The van der Waals surface area contributed by atoms with Gasteiger partial charge in [0.15, 0.2) is 0 Å². The molecule has 1 amide bonds. The van der Waals surface area contributed by atoms with Crippen LogP contribution in [-0.4, -0.2) is 37.6 Å². The van der Waals surface area contributed by atoms with Crippen LogP contribution in [0.15, 0.2) is 16.5 Å². The zero-order valence-corrected chi connectivity index (χ0v) is 12.4. The lowest BCUT2D eigenvalue weighted by Crippen LogP contribution is -2.48. The van der Waals surface area contributed by atoms with Gasteiger partial charge in [0.05, 0.1) is 6.07 Å². The number of hydrogen-bond donors (Lipinski definition) is 1. The topological polar surface area (TPSA) is 114 Å². The highest BCUT2D eigenvalue weighted by Gasteiger charge is 2.54. The van der Waals surface area contributed by atoms with Crippen molar-refractivity contribution in [2.45, 2.75) is 36.9 Å². The minimum atomic E-state index is -1.12. The molecule has 0 aliphatic carbocycles. The van der Waals surface area contributed by atoms with Gasteiger partial charge in [0.25, 0.3) is 0 Å². The summed E-state index contributed by atoms with van der Waals surface area (Å²) in [7, 11) is 0. The Morgan fingerprint density at radius 3 is 2.52 bits per heavy atom. The van der Waals surface area contributed by atoms with E-state index in [0.29, 0.717) is 0 Å². The van der Waals surface area contributed by atoms with E-state index in [1.54, 1.807) is 13.8 Å². The van der Waals surface area contributed by atoms with E-state index in [4.69, 9.17) is 4.42 Å². The summed E-state index contributed by atoms with van der Waals surface area (Å²) in [6.45, 7) is 4.69. The van der Waals surface area contributed by atoms with Crippen molar-refractivity contribution in [1.82, 2.24) is 4.90 Å². The smallest absolute Gasteiger partial charge is 0.433 e. The maximum absolute atomic E-state index is 11.8. The van der Waals surface area contributed by atoms with E-state index in [1.165, 1.54) is 35.7 Å². The number of aliphatic carboxylic acids is 1. The summed E-state index contributed by atoms with van der Waals surface area (Å²) in [6.07, 6.45) is 0. The monoisotopic (exact) mass is 314 g/mol. The van der Waals surface area contributed by atoms with Crippen molar-refractivity contribution in [2.24, 2.45) is 0 Å². The number of carboxylic acids is 1. The number of rotatable bonds is 3. The van der Waals surface area contributed by atoms with Crippen molar-refractivity contribution in [3.05, 3.63) is 28.0 Å². The molecule has 0 saturated carbocycles. The predicted octanol–water partition coefficient (Wildman–Crippen LogP) is 2.01. The van der Waals surface area contributed by atoms with Crippen LogP contribution < -0.4 is 0 Å². The number of nitrogens with zero attached hydrogens (tertiary/aromatic N) is 2. The lowest BCUT2D eigenvalue weighted by Gasteiger charge is -2.27. The van der Waals surface area contributed by atoms with Crippen molar-refractivity contribution in [3.8, 4) is 0 Å². The van der Waals surface area contributed by atoms with Crippen molar-refractivity contribution < 1.29 is 24.0 Å². The van der Waals surface area contributed by atoms with Gasteiger partial charge >= 0.3 is 11.9 Å². The fourth-order valence-electron chi connectivity index (χ4n) is 2.41. The summed E-state index contributed by atoms with van der Waals surface area (Å²) in [6, 6.07) is 1.55. The van der Waals surface area contributed by atoms with Crippen LogP contribution in [0.1, 0.15) is 31.9 Å². The first-order valence-electron chi connectivity index (χ1n) is 6.09. The largest absolute Gasteiger partial charge is 0.480 e. The highest BCUT2D eigenvalue weighted by atomic mass is 32.2. The highest BCUT2D eigenvalue weighted by Crippen LogP contribution is 2.52. The average molecular weight is 314 g/mol. The normalized spacial score (nSPS) is 24.0. The van der Waals surface area contributed by atoms with Gasteiger partial charge in [-0.05, 0) is 19.9 Å². The molecule has 2 unspecified atom stereocenters. The Bertz CT molecular complexity index is 611. The number of hydrogen-bond acceptors (Lipinski definition) is 6. The van der Waals surface area contributed by atoms with Crippen LogP contribution in [0.3, 0.4) is 0 Å². The molecule has 1 aromatic heterocycles. The number of carbonyl (C=O) groups is 2. The van der Waals surface area contributed by atoms with E-state index in [-0.39, 0.29) is 5.76 Å². The number of thioether (sulfide) groups is 1. The van der Waals surface area contributed by atoms with Crippen LogP contribution in [0.5, 0.6) is 0 Å². The van der Waals surface area contributed by atoms with Crippen LogP contribution in [-0.2, 0) is 9.59 Å². The molecule has 114 valence electrons. The molecule has 1 N–H and O–H groups in total. The predicted molar refractivity (Wildman–Crippen MR) is 73.7 cm³/mol. The average Bonchev–Trinajstić information content (AvgIpc) is 2.90. The Morgan fingerprint density at radius 2 is 2.10 bits per heavy atom. The summed E-state index contributed by atoms with van der Waals surface area (Å²) in [5.74, 6) is -1.79. The number of nitro groups is 1. The summed E-state index contributed by atoms with van der Waals surface area (Å²) in [4.78, 5) is 34.5. The number of furan rings is 1. The van der Waals surface area contributed by atoms with Gasteiger partial charge in [0, 0.05) is 11.7 Å². The van der Waals surface area contributed by atoms with Gasteiger partial charge in [-0.3, -0.25) is 14.9 Å². The van der Waals surface area contributed by atoms with E-state index in [1.807, 2.05) is 0 Å². The molecule has 1 aromatic rings. The van der Waals surface area contributed by atoms with Gasteiger partial charge in [-0.1, -0.05) is 0 Å². The maximum Gasteiger partial charge on any atom is 0.433 e. The van der Waals surface area contributed by atoms with Crippen molar-refractivity contribution in [2.75, 3.05) is 0 Å². The molecule has 0 aromatic carbocycles. The standard InChI is InChI=1S/C12H14N2O6S/c1-6(15)13-9(11(16)17)12(2,3)21-10(13)7-4-5-8(20-7)14(18)19/h4-5,9-10H,1-3H3,(H,16,17). The van der Waals surface area contributed by atoms with Gasteiger partial charge in [-0.15, -0.1) is 11.8 Å². The molecule has 8 nitrogen and oxygen atoms in total. The van der Waals surface area contributed by atoms with Crippen molar-refractivity contribution in [3.63, 3.8) is 0 Å². The molecule has 2 rings (SSSR count). The molecule has 1 saturated heterocycles. The fourth-order valence-corrected chi connectivity index (χ4v) is 3.96. The first kappa shape index (κ1) is 15.4. The molecule has 1 aliphatic heterocycles. The summed E-state index contributed by atoms with van der Waals surface area (Å²) in [5, 5.41) is 19.4. The van der Waals surface area contributed by atoms with E-state index in [2.05, 4.69) is 0 Å². The molecule has 0 bridgehead atoms. The second-order valence-electron chi connectivity index (χ2n) is 5.17. The number of amides is 1. The van der Waals surface area contributed by atoms with Gasteiger partial charge in [0.2, 0.25) is 5.91 Å². The molecule has 2 atom stereocenters. The van der Waals surface area contributed by atoms with Crippen LogP contribution >= 0.6 is 11.8 Å². The zero-order chi connectivity index (χ0) is 15.9. The Morgan fingerprint density at radius 1 is 1.48 bits per heavy atom. The molecule has 9 heteroatoms. The van der Waals surface area contributed by atoms with Gasteiger partial charge < -0.3 is 14.4 Å². The van der Waals surface area contributed by atoms with E-state index in [9.17, 15) is 24.8 Å². The van der Waals surface area contributed by atoms with Gasteiger partial charge in [-0.25, -0.2) is 4.79 Å². The van der Waals surface area contributed by atoms with Crippen molar-refractivity contribution in [1.29, 1.82) is 0 Å². The SMILES string of the molecule is CC(=O)N1C(c2ccc([N+](=O)[O-])o2)SC(C)(C)C1C(=O)O. The van der Waals surface area contributed by atoms with Crippen LogP contribution in [0.4, 0.5) is 5.88 Å². The molecule has 0 radical (unpaired) electrons. The number of carboxylic acid groups (broad SMARTS) is 1. The van der Waals surface area contributed by atoms with Gasteiger partial charge in [-0.2, -0.15) is 0 Å². The van der Waals surface area contributed by atoms with Crippen LogP contribution in [0.2, 0.25) is 0 Å². The fraction of sp³-hybridized carbons (Fsp3) is 0.500. The maximum atomic E-state index is 11.8. The highest BCUT2D eigenvalue weighted by molar-refractivity contribution is 8.01. The van der Waals surface area contributed by atoms with E-state index in [0.717, 1.165) is 0 Å². The van der Waals surface area contributed by atoms with E-state index < -0.39 is 38.8 Å². The van der Waals surface area contributed by atoms with Gasteiger partial charge in [0.1, 0.15) is 22.1 Å².